The van der Waals surface area contributed by atoms with Gasteiger partial charge < -0.3 is 4.74 Å². The molecule has 0 saturated heterocycles. The van der Waals surface area contributed by atoms with Gasteiger partial charge in [0.25, 0.3) is 0 Å². The summed E-state index contributed by atoms with van der Waals surface area (Å²) in [5.41, 5.74) is 0.174. The number of halogens is 4. The van der Waals surface area contributed by atoms with Gasteiger partial charge in [0.1, 0.15) is 0 Å². The first-order valence-electron chi connectivity index (χ1n) is 8.10. The topological polar surface area (TPSA) is 72.5 Å². The van der Waals surface area contributed by atoms with Crippen molar-refractivity contribution in [3.63, 3.8) is 0 Å². The Morgan fingerprint density at radius 3 is 2.62 bits per heavy atom. The zero-order valence-corrected chi connectivity index (χ0v) is 16.4. The molecule has 146 valence electrons. The second kappa shape index (κ2) is 8.26. The van der Waals surface area contributed by atoms with E-state index >= 15 is 0 Å². The van der Waals surface area contributed by atoms with Gasteiger partial charge in [0.15, 0.2) is 0 Å². The molecule has 5 nitrogen and oxygen atoms in total. The Labute approximate surface area is 158 Å². The van der Waals surface area contributed by atoms with Crippen molar-refractivity contribution in [2.75, 3.05) is 6.61 Å². The van der Waals surface area contributed by atoms with Crippen LogP contribution in [0.5, 0.6) is 0 Å². The summed E-state index contributed by atoms with van der Waals surface area (Å²) in [5.74, 6) is -2.09. The summed E-state index contributed by atoms with van der Waals surface area (Å²) in [6.07, 6.45) is -3.93. The minimum absolute atomic E-state index is 0.0136. The highest BCUT2D eigenvalue weighted by Gasteiger charge is 2.43. The van der Waals surface area contributed by atoms with E-state index in [1.807, 2.05) is 0 Å². The Bertz CT molecular complexity index is 767. The minimum Gasteiger partial charge on any atom is -0.462 e. The lowest BCUT2D eigenvalue weighted by Gasteiger charge is -2.30. The number of sulfonamides is 1. The van der Waals surface area contributed by atoms with Crippen LogP contribution in [0.4, 0.5) is 13.2 Å². The summed E-state index contributed by atoms with van der Waals surface area (Å²) in [7, 11) is -4.03. The van der Waals surface area contributed by atoms with E-state index in [1.54, 1.807) is 6.92 Å². The Balaban J connectivity index is 2.16. The predicted octanol–water partition coefficient (Wildman–Crippen LogP) is 4.03. The third kappa shape index (κ3) is 5.20. The fourth-order valence-corrected chi connectivity index (χ4v) is 5.30. The quantitative estimate of drug-likeness (QED) is 0.677. The number of benzene rings is 1. The molecule has 0 spiro atoms. The highest BCUT2D eigenvalue weighted by Crippen LogP contribution is 2.38. The van der Waals surface area contributed by atoms with E-state index in [9.17, 15) is 26.4 Å². The van der Waals surface area contributed by atoms with Crippen molar-refractivity contribution in [2.24, 2.45) is 5.92 Å². The number of ether oxygens (including phenoxy) is 1. The first-order chi connectivity index (χ1) is 12.0. The summed E-state index contributed by atoms with van der Waals surface area (Å²) < 4.78 is 71.1. The van der Waals surface area contributed by atoms with Gasteiger partial charge in [-0.3, -0.25) is 0 Å². The highest BCUT2D eigenvalue weighted by atomic mass is 79.9. The molecule has 1 aromatic rings. The Hall–Kier alpha value is -1.13. The fourth-order valence-electron chi connectivity index (χ4n) is 2.94. The normalized spacial score (nSPS) is 21.4. The lowest BCUT2D eigenvalue weighted by Crippen LogP contribution is -2.41. The van der Waals surface area contributed by atoms with Crippen LogP contribution in [-0.4, -0.2) is 33.2 Å². The van der Waals surface area contributed by atoms with Crippen LogP contribution < -0.4 is 4.72 Å². The number of esters is 1. The molecule has 1 saturated carbocycles. The molecule has 2 rings (SSSR count). The predicted molar refractivity (Wildman–Crippen MR) is 92.2 cm³/mol. The molecule has 0 aliphatic heterocycles. The number of carbonyl (C=O) groups excluding carboxylic acids is 1. The average Bonchev–Trinajstić information content (AvgIpc) is 2.53. The molecule has 1 aromatic carbocycles. The molecule has 10 heteroatoms. The third-order valence-corrected chi connectivity index (χ3v) is 6.69. The molecule has 1 fully saturated rings. The second-order valence-electron chi connectivity index (χ2n) is 6.09. The number of alkyl halides is 3. The van der Waals surface area contributed by atoms with E-state index < -0.39 is 34.1 Å². The van der Waals surface area contributed by atoms with E-state index in [2.05, 4.69) is 20.7 Å². The minimum atomic E-state index is -4.33. The van der Waals surface area contributed by atoms with Gasteiger partial charge in [-0.25, -0.2) is 17.9 Å². The molecular formula is C16H19BrF3NO4S. The van der Waals surface area contributed by atoms with Gasteiger partial charge in [-0.1, -0.05) is 6.42 Å². The van der Waals surface area contributed by atoms with Crippen molar-refractivity contribution in [1.29, 1.82) is 0 Å². The molecule has 0 amide bonds. The lowest BCUT2D eigenvalue weighted by molar-refractivity contribution is -0.183. The highest BCUT2D eigenvalue weighted by molar-refractivity contribution is 9.10. The maximum absolute atomic E-state index is 12.9. The first kappa shape index (κ1) is 21.2. The summed E-state index contributed by atoms with van der Waals surface area (Å²) in [6.45, 7) is 1.83. The van der Waals surface area contributed by atoms with Gasteiger partial charge in [-0.15, -0.1) is 0 Å². The number of nitrogens with one attached hydrogen (secondary N) is 1. The monoisotopic (exact) mass is 457 g/mol. The summed E-state index contributed by atoms with van der Waals surface area (Å²) >= 11 is 3.10. The van der Waals surface area contributed by atoms with Gasteiger partial charge in [-0.05, 0) is 60.3 Å². The molecule has 0 heterocycles. The molecule has 2 atom stereocenters. The molecule has 0 bridgehead atoms. The van der Waals surface area contributed by atoms with Crippen molar-refractivity contribution < 1.29 is 31.1 Å². The van der Waals surface area contributed by atoms with Crippen molar-refractivity contribution in [3.8, 4) is 0 Å². The molecule has 0 radical (unpaired) electrons. The van der Waals surface area contributed by atoms with Crippen LogP contribution in [0.1, 0.15) is 43.0 Å². The lowest BCUT2D eigenvalue weighted by atomic mass is 9.86. The van der Waals surface area contributed by atoms with Crippen molar-refractivity contribution >= 4 is 31.9 Å². The second-order valence-corrected chi connectivity index (χ2v) is 8.63. The molecule has 0 aromatic heterocycles. The first-order valence-corrected chi connectivity index (χ1v) is 10.4. The van der Waals surface area contributed by atoms with Gasteiger partial charge >= 0.3 is 12.1 Å². The average molecular weight is 458 g/mol. The Kier molecular flexibility index (Phi) is 6.73. The zero-order chi connectivity index (χ0) is 19.5. The largest absolute Gasteiger partial charge is 0.462 e. The standard InChI is InChI=1S/C16H19BrF3NO4S/c1-2-25-15(22)10-6-7-14(13(17)8-10)26(23,24)21-12-5-3-4-11(9-12)16(18,19)20/h6-8,11-12,21H,2-5,9H2,1H3/t11-,12-/m0/s1. The van der Waals surface area contributed by atoms with Gasteiger partial charge in [-0.2, -0.15) is 13.2 Å². The van der Waals surface area contributed by atoms with Crippen LogP contribution in [0, 0.1) is 5.92 Å². The van der Waals surface area contributed by atoms with Crippen molar-refractivity contribution in [1.82, 2.24) is 4.72 Å². The van der Waals surface area contributed by atoms with Crippen molar-refractivity contribution in [2.45, 2.75) is 49.7 Å². The summed E-state index contributed by atoms with van der Waals surface area (Å²) in [6, 6.07) is 3.06. The van der Waals surface area contributed by atoms with E-state index in [1.165, 1.54) is 18.2 Å². The van der Waals surface area contributed by atoms with Crippen LogP contribution >= 0.6 is 15.9 Å². The maximum Gasteiger partial charge on any atom is 0.391 e. The van der Waals surface area contributed by atoms with E-state index in [-0.39, 0.29) is 34.4 Å². The van der Waals surface area contributed by atoms with Crippen LogP contribution in [0.15, 0.2) is 27.6 Å². The third-order valence-electron chi connectivity index (χ3n) is 4.19. The van der Waals surface area contributed by atoms with Crippen LogP contribution in [0.3, 0.4) is 0 Å². The fraction of sp³-hybridized carbons (Fsp3) is 0.562. The number of carbonyl (C=O) groups is 1. The smallest absolute Gasteiger partial charge is 0.391 e. The van der Waals surface area contributed by atoms with Crippen LogP contribution in [-0.2, 0) is 14.8 Å². The number of hydrogen-bond acceptors (Lipinski definition) is 4. The molecular weight excluding hydrogens is 439 g/mol. The summed E-state index contributed by atoms with van der Waals surface area (Å²) in [4.78, 5) is 11.6. The molecule has 1 aliphatic carbocycles. The van der Waals surface area contributed by atoms with E-state index in [4.69, 9.17) is 4.74 Å². The van der Waals surface area contributed by atoms with Gasteiger partial charge in [0, 0.05) is 10.5 Å². The van der Waals surface area contributed by atoms with Gasteiger partial charge in [0.2, 0.25) is 10.0 Å². The van der Waals surface area contributed by atoms with Crippen LogP contribution in [0.25, 0.3) is 0 Å². The van der Waals surface area contributed by atoms with Gasteiger partial charge in [0.05, 0.1) is 23.0 Å². The Morgan fingerprint density at radius 2 is 2.04 bits per heavy atom. The zero-order valence-electron chi connectivity index (χ0n) is 14.0. The number of hydrogen-bond donors (Lipinski definition) is 1. The van der Waals surface area contributed by atoms with E-state index in [0.29, 0.717) is 12.8 Å². The molecule has 1 N–H and O–H groups in total. The number of rotatable bonds is 5. The summed E-state index contributed by atoms with van der Waals surface area (Å²) in [5, 5.41) is 0. The molecule has 26 heavy (non-hydrogen) atoms. The van der Waals surface area contributed by atoms with Crippen molar-refractivity contribution in [3.05, 3.63) is 28.2 Å². The maximum atomic E-state index is 12.9. The van der Waals surface area contributed by atoms with Crippen LogP contribution in [0.2, 0.25) is 0 Å². The SMILES string of the molecule is CCOC(=O)c1ccc(S(=O)(=O)N[C@H]2CCC[C@H](C(F)(F)F)C2)c(Br)c1. The Morgan fingerprint density at radius 1 is 1.35 bits per heavy atom. The molecule has 0 unspecified atom stereocenters. The van der Waals surface area contributed by atoms with E-state index in [0.717, 1.165) is 0 Å². The molecule has 1 aliphatic rings.